The summed E-state index contributed by atoms with van der Waals surface area (Å²) in [6, 6.07) is 0. The molecule has 62 valence electrons. The summed E-state index contributed by atoms with van der Waals surface area (Å²) >= 11 is 0. The Hall–Kier alpha value is -0.250. The van der Waals surface area contributed by atoms with Crippen molar-refractivity contribution in [1.82, 2.24) is 0 Å². The molecule has 0 aromatic carbocycles. The second-order valence-electron chi connectivity index (χ2n) is 2.33. The van der Waals surface area contributed by atoms with Crippen LogP contribution in [-0.4, -0.2) is 11.7 Å². The van der Waals surface area contributed by atoms with Crippen molar-refractivity contribution in [3.63, 3.8) is 0 Å². The average Bonchev–Trinajstić information content (AvgIpc) is 1.78. The molecule has 0 atom stereocenters. The molecule has 0 aliphatic carbocycles. The quantitative estimate of drug-likeness (QED) is 0.424. The maximum Gasteiger partial charge on any atom is 0.244 e. The first-order valence-corrected chi connectivity index (χ1v) is 3.53. The van der Waals surface area contributed by atoms with Crippen LogP contribution in [0.3, 0.4) is 0 Å². The van der Waals surface area contributed by atoms with Gasteiger partial charge in [0.1, 0.15) is 0 Å². The van der Waals surface area contributed by atoms with E-state index >= 15 is 0 Å². The Morgan fingerprint density at radius 2 is 1.60 bits per heavy atom. The minimum absolute atomic E-state index is 0.261. The highest BCUT2D eigenvalue weighted by Gasteiger charge is 2.28. The van der Waals surface area contributed by atoms with Crippen LogP contribution < -0.4 is 0 Å². The van der Waals surface area contributed by atoms with Crippen molar-refractivity contribution in [2.24, 2.45) is 0 Å². The monoisotopic (exact) mass is 156 g/mol. The predicted molar refractivity (Wildman–Crippen MR) is 32.6 cm³/mol. The van der Waals surface area contributed by atoms with Gasteiger partial charge in [-0.1, -0.05) is 19.8 Å². The first kappa shape index (κ1) is 9.75. The van der Waals surface area contributed by atoms with E-state index in [4.69, 9.17) is 0 Å². The van der Waals surface area contributed by atoms with E-state index in [1.807, 2.05) is 6.92 Å². The lowest BCUT2D eigenvalue weighted by Crippen LogP contribution is -2.19. The second kappa shape index (κ2) is 4.55. The molecule has 0 radical (unpaired) electrons. The lowest BCUT2D eigenvalue weighted by molar-refractivity contribution is -1.27. The molecule has 0 amide bonds. The third-order valence-electron chi connectivity index (χ3n) is 1.27. The summed E-state index contributed by atoms with van der Waals surface area (Å²) in [5.41, 5.74) is 0. The summed E-state index contributed by atoms with van der Waals surface area (Å²) in [5.74, 6) is 0. The summed E-state index contributed by atoms with van der Waals surface area (Å²) in [4.78, 5) is 0. The van der Waals surface area contributed by atoms with Crippen LogP contribution in [0.25, 0.3) is 0 Å². The number of halogens is 3. The average molecular weight is 156 g/mol. The molecule has 0 unspecified atom stereocenters. The Kier molecular flexibility index (Phi) is 4.43. The minimum atomic E-state index is -3.39. The first-order valence-electron chi connectivity index (χ1n) is 3.53. The van der Waals surface area contributed by atoms with Gasteiger partial charge in [0, 0.05) is 6.42 Å². The van der Waals surface area contributed by atoms with Crippen LogP contribution in [0.15, 0.2) is 0 Å². The molecule has 0 saturated heterocycles. The lowest BCUT2D eigenvalue weighted by Gasteiger charge is -1.98. The first-order chi connectivity index (χ1) is 4.56. The van der Waals surface area contributed by atoms with Crippen molar-refractivity contribution in [1.29, 1.82) is 0 Å². The minimum Gasteiger partial charge on any atom is -0.0654 e. The standard InChI is InChI=1S/C6H13F3N/c1-2-3-4-5-6-10(7,8)9/h2-6H2,1H3/q+1. The van der Waals surface area contributed by atoms with Gasteiger partial charge in [-0.05, 0) is 6.42 Å². The second-order valence-corrected chi connectivity index (χ2v) is 2.33. The van der Waals surface area contributed by atoms with E-state index in [0.29, 0.717) is 6.42 Å². The Morgan fingerprint density at radius 1 is 1.00 bits per heavy atom. The van der Waals surface area contributed by atoms with Gasteiger partial charge in [0.25, 0.3) is 0 Å². The normalized spacial score (nSPS) is 12.0. The lowest BCUT2D eigenvalue weighted by atomic mass is 10.2. The van der Waals surface area contributed by atoms with E-state index in [-0.39, 0.29) is 6.42 Å². The molecule has 0 saturated carbocycles. The fourth-order valence-electron chi connectivity index (χ4n) is 0.718. The zero-order chi connectivity index (χ0) is 8.04. The molecule has 0 aliphatic rings. The van der Waals surface area contributed by atoms with Crippen LogP contribution in [0.2, 0.25) is 0 Å². The summed E-state index contributed by atoms with van der Waals surface area (Å²) in [6.07, 6.45) is 2.83. The van der Waals surface area contributed by atoms with Crippen molar-refractivity contribution in [2.45, 2.75) is 32.6 Å². The molecule has 0 bridgehead atoms. The third kappa shape index (κ3) is 7.75. The number of nitrogens with zero attached hydrogens (tertiary/aromatic N) is 1. The highest BCUT2D eigenvalue weighted by atomic mass is 19.6. The zero-order valence-electron chi connectivity index (χ0n) is 6.12. The Morgan fingerprint density at radius 3 is 2.00 bits per heavy atom. The van der Waals surface area contributed by atoms with E-state index in [1.165, 1.54) is 0 Å². The molecule has 0 aromatic heterocycles. The molecule has 4 heteroatoms. The van der Waals surface area contributed by atoms with Crippen molar-refractivity contribution in [3.05, 3.63) is 0 Å². The van der Waals surface area contributed by atoms with Gasteiger partial charge in [0.2, 0.25) is 5.15 Å². The van der Waals surface area contributed by atoms with Crippen LogP contribution in [0.4, 0.5) is 13.4 Å². The molecular weight excluding hydrogens is 143 g/mol. The fourth-order valence-corrected chi connectivity index (χ4v) is 0.718. The van der Waals surface area contributed by atoms with E-state index in [9.17, 15) is 13.4 Å². The molecule has 0 heterocycles. The third-order valence-corrected chi connectivity index (χ3v) is 1.27. The predicted octanol–water partition coefficient (Wildman–Crippen LogP) is 3.04. The molecule has 0 rings (SSSR count). The highest BCUT2D eigenvalue weighted by Crippen LogP contribution is 2.12. The molecular formula is C6H13F3N+. The summed E-state index contributed by atoms with van der Waals surface area (Å²) in [7, 11) is 0. The maximum atomic E-state index is 11.4. The van der Waals surface area contributed by atoms with Crippen molar-refractivity contribution < 1.29 is 18.6 Å². The van der Waals surface area contributed by atoms with Crippen LogP contribution in [0.1, 0.15) is 32.6 Å². The SMILES string of the molecule is CCCCCC[N+](F)(F)F. The number of hydrogen-bond donors (Lipinski definition) is 0. The molecule has 10 heavy (non-hydrogen) atoms. The molecule has 0 spiro atoms. The molecule has 0 fully saturated rings. The Balaban J connectivity index is 3.04. The van der Waals surface area contributed by atoms with Crippen LogP contribution in [0, 0.1) is 0 Å². The Labute approximate surface area is 58.8 Å². The largest absolute Gasteiger partial charge is 0.244 e. The van der Waals surface area contributed by atoms with Gasteiger partial charge in [0.15, 0.2) is 6.54 Å². The molecule has 0 aromatic rings. The van der Waals surface area contributed by atoms with Gasteiger partial charge < -0.3 is 0 Å². The highest BCUT2D eigenvalue weighted by molar-refractivity contribution is 4.36. The van der Waals surface area contributed by atoms with Gasteiger partial charge >= 0.3 is 0 Å². The molecule has 1 nitrogen and oxygen atoms in total. The van der Waals surface area contributed by atoms with E-state index < -0.39 is 11.7 Å². The zero-order valence-corrected chi connectivity index (χ0v) is 6.12. The number of hydrogen-bond acceptors (Lipinski definition) is 0. The molecule has 0 N–H and O–H groups in total. The van der Waals surface area contributed by atoms with E-state index in [2.05, 4.69) is 0 Å². The van der Waals surface area contributed by atoms with Crippen LogP contribution in [0.5, 0.6) is 0 Å². The van der Waals surface area contributed by atoms with Gasteiger partial charge in [-0.15, -0.1) is 0 Å². The van der Waals surface area contributed by atoms with Crippen LogP contribution in [-0.2, 0) is 0 Å². The maximum absolute atomic E-state index is 11.4. The topological polar surface area (TPSA) is 0 Å². The summed E-state index contributed by atoms with van der Waals surface area (Å²) in [5, 5.41) is -3.39. The van der Waals surface area contributed by atoms with E-state index in [0.717, 1.165) is 12.8 Å². The van der Waals surface area contributed by atoms with Gasteiger partial charge in [-0.25, -0.2) is 0 Å². The Bertz CT molecular complexity index is 79.6. The van der Waals surface area contributed by atoms with Gasteiger partial charge in [0.05, 0.1) is 13.4 Å². The number of unbranched alkanes of at least 4 members (excludes halogenated alkanes) is 3. The van der Waals surface area contributed by atoms with Gasteiger partial charge in [-0.2, -0.15) is 0 Å². The fraction of sp³-hybridized carbons (Fsp3) is 1.00. The van der Waals surface area contributed by atoms with Gasteiger partial charge in [-0.3, -0.25) is 0 Å². The molecule has 0 aliphatic heterocycles. The van der Waals surface area contributed by atoms with E-state index in [1.54, 1.807) is 0 Å². The van der Waals surface area contributed by atoms with Crippen molar-refractivity contribution in [3.8, 4) is 0 Å². The summed E-state index contributed by atoms with van der Waals surface area (Å²) in [6.45, 7) is 1.29. The van der Waals surface area contributed by atoms with Crippen LogP contribution >= 0.6 is 0 Å². The summed E-state index contributed by atoms with van der Waals surface area (Å²) < 4.78 is 34.3. The van der Waals surface area contributed by atoms with Crippen molar-refractivity contribution >= 4 is 0 Å². The smallest absolute Gasteiger partial charge is 0.0654 e. The number of quaternary nitrogens is 1. The number of rotatable bonds is 5. The van der Waals surface area contributed by atoms with Crippen molar-refractivity contribution in [2.75, 3.05) is 6.54 Å².